The SMILES string of the molecule is CCCC(N)C(=O)NC1CCCCC1C(F)(F)F. The van der Waals surface area contributed by atoms with Crippen molar-refractivity contribution in [2.24, 2.45) is 11.7 Å². The van der Waals surface area contributed by atoms with Crippen molar-refractivity contribution in [3.05, 3.63) is 0 Å². The molecule has 0 spiro atoms. The number of nitrogens with one attached hydrogen (secondary N) is 1. The van der Waals surface area contributed by atoms with Gasteiger partial charge in [0, 0.05) is 6.04 Å². The van der Waals surface area contributed by atoms with Crippen molar-refractivity contribution in [1.29, 1.82) is 0 Å². The molecular formula is C12H21F3N2O. The highest BCUT2D eigenvalue weighted by Crippen LogP contribution is 2.37. The molecule has 1 aliphatic carbocycles. The van der Waals surface area contributed by atoms with Crippen LogP contribution in [-0.4, -0.2) is 24.2 Å². The summed E-state index contributed by atoms with van der Waals surface area (Å²) in [6, 6.07) is -1.51. The number of rotatable bonds is 4. The van der Waals surface area contributed by atoms with E-state index in [-0.39, 0.29) is 6.42 Å². The van der Waals surface area contributed by atoms with E-state index in [1.165, 1.54) is 0 Å². The average Bonchev–Trinajstić information content (AvgIpc) is 2.28. The maximum absolute atomic E-state index is 12.8. The van der Waals surface area contributed by atoms with Crippen LogP contribution in [0.3, 0.4) is 0 Å². The van der Waals surface area contributed by atoms with Gasteiger partial charge in [-0.1, -0.05) is 26.2 Å². The maximum Gasteiger partial charge on any atom is 0.393 e. The smallest absolute Gasteiger partial charge is 0.351 e. The number of amides is 1. The molecule has 3 atom stereocenters. The zero-order valence-corrected chi connectivity index (χ0v) is 10.6. The van der Waals surface area contributed by atoms with Crippen molar-refractivity contribution in [2.75, 3.05) is 0 Å². The van der Waals surface area contributed by atoms with Gasteiger partial charge >= 0.3 is 6.18 Å². The summed E-state index contributed by atoms with van der Waals surface area (Å²) < 4.78 is 38.4. The molecule has 3 N–H and O–H groups in total. The topological polar surface area (TPSA) is 55.1 Å². The van der Waals surface area contributed by atoms with E-state index in [4.69, 9.17) is 5.73 Å². The fourth-order valence-corrected chi connectivity index (χ4v) is 2.43. The molecule has 6 heteroatoms. The van der Waals surface area contributed by atoms with Crippen LogP contribution in [-0.2, 0) is 4.79 Å². The van der Waals surface area contributed by atoms with E-state index in [2.05, 4.69) is 5.32 Å². The lowest BCUT2D eigenvalue weighted by Gasteiger charge is -2.34. The van der Waals surface area contributed by atoms with E-state index in [9.17, 15) is 18.0 Å². The molecule has 1 rings (SSSR count). The standard InChI is InChI=1S/C12H21F3N2O/c1-2-5-9(16)11(18)17-10-7-4-3-6-8(10)12(13,14)15/h8-10H,2-7,16H2,1H3,(H,17,18). The molecule has 1 amide bonds. The van der Waals surface area contributed by atoms with Gasteiger partial charge in [-0.2, -0.15) is 13.2 Å². The van der Waals surface area contributed by atoms with Crippen LogP contribution in [0.2, 0.25) is 0 Å². The average molecular weight is 266 g/mol. The third-order valence-corrected chi connectivity index (χ3v) is 3.45. The van der Waals surface area contributed by atoms with Crippen LogP contribution in [0.5, 0.6) is 0 Å². The first-order chi connectivity index (χ1) is 8.36. The van der Waals surface area contributed by atoms with Gasteiger partial charge in [0.2, 0.25) is 5.91 Å². The molecule has 1 aliphatic rings. The van der Waals surface area contributed by atoms with Crippen LogP contribution in [0.4, 0.5) is 13.2 Å². The summed E-state index contributed by atoms with van der Waals surface area (Å²) >= 11 is 0. The van der Waals surface area contributed by atoms with Crippen LogP contribution in [0.25, 0.3) is 0 Å². The highest BCUT2D eigenvalue weighted by atomic mass is 19.4. The molecule has 0 heterocycles. The molecule has 0 bridgehead atoms. The van der Waals surface area contributed by atoms with Crippen molar-refractivity contribution in [1.82, 2.24) is 5.32 Å². The zero-order valence-electron chi connectivity index (χ0n) is 10.6. The Morgan fingerprint density at radius 1 is 1.39 bits per heavy atom. The van der Waals surface area contributed by atoms with Crippen LogP contribution < -0.4 is 11.1 Å². The largest absolute Gasteiger partial charge is 0.393 e. The molecule has 1 fully saturated rings. The highest BCUT2D eigenvalue weighted by molar-refractivity contribution is 5.81. The van der Waals surface area contributed by atoms with Crippen LogP contribution in [0.15, 0.2) is 0 Å². The van der Waals surface area contributed by atoms with Gasteiger partial charge in [-0.3, -0.25) is 4.79 Å². The number of carbonyl (C=O) groups is 1. The maximum atomic E-state index is 12.8. The molecular weight excluding hydrogens is 245 g/mol. The van der Waals surface area contributed by atoms with E-state index in [1.807, 2.05) is 6.92 Å². The van der Waals surface area contributed by atoms with E-state index in [0.29, 0.717) is 19.3 Å². The van der Waals surface area contributed by atoms with Gasteiger partial charge in [0.05, 0.1) is 12.0 Å². The predicted octanol–water partition coefficient (Wildman–Crippen LogP) is 2.35. The van der Waals surface area contributed by atoms with E-state index >= 15 is 0 Å². The molecule has 3 unspecified atom stereocenters. The fraction of sp³-hybridized carbons (Fsp3) is 0.917. The van der Waals surface area contributed by atoms with Crippen molar-refractivity contribution >= 4 is 5.91 Å². The van der Waals surface area contributed by atoms with Crippen molar-refractivity contribution in [3.8, 4) is 0 Å². The molecule has 0 aromatic carbocycles. The Hall–Kier alpha value is -0.780. The van der Waals surface area contributed by atoms with Gasteiger partial charge < -0.3 is 11.1 Å². The fourth-order valence-electron chi connectivity index (χ4n) is 2.43. The summed E-state index contributed by atoms with van der Waals surface area (Å²) in [5.41, 5.74) is 5.61. The second-order valence-corrected chi connectivity index (χ2v) is 4.94. The Labute approximate surface area is 105 Å². The minimum Gasteiger partial charge on any atom is -0.351 e. The Morgan fingerprint density at radius 2 is 2.00 bits per heavy atom. The minimum absolute atomic E-state index is 0.0947. The van der Waals surface area contributed by atoms with Crippen molar-refractivity contribution in [2.45, 2.75) is 63.7 Å². The number of hydrogen-bond donors (Lipinski definition) is 2. The Kier molecular flexibility index (Phi) is 5.44. The van der Waals surface area contributed by atoms with Gasteiger partial charge in [0.15, 0.2) is 0 Å². The Morgan fingerprint density at radius 3 is 2.56 bits per heavy atom. The lowest BCUT2D eigenvalue weighted by molar-refractivity contribution is -0.189. The first-order valence-corrected chi connectivity index (χ1v) is 6.49. The summed E-state index contributed by atoms with van der Waals surface area (Å²) in [5, 5.41) is 2.48. The molecule has 1 saturated carbocycles. The first-order valence-electron chi connectivity index (χ1n) is 6.49. The molecule has 106 valence electrons. The third kappa shape index (κ3) is 4.15. The van der Waals surface area contributed by atoms with Crippen molar-refractivity contribution in [3.63, 3.8) is 0 Å². The van der Waals surface area contributed by atoms with Crippen molar-refractivity contribution < 1.29 is 18.0 Å². The van der Waals surface area contributed by atoms with E-state index < -0.39 is 30.1 Å². The van der Waals surface area contributed by atoms with Gasteiger partial charge in [0.1, 0.15) is 0 Å². The van der Waals surface area contributed by atoms with E-state index in [0.717, 1.165) is 12.8 Å². The monoisotopic (exact) mass is 266 g/mol. The Balaban J connectivity index is 2.60. The molecule has 0 aromatic heterocycles. The molecule has 0 saturated heterocycles. The molecule has 0 radical (unpaired) electrons. The number of alkyl halides is 3. The Bertz CT molecular complexity index is 281. The summed E-state index contributed by atoms with van der Waals surface area (Å²) in [6.45, 7) is 1.88. The van der Waals surface area contributed by atoms with Gasteiger partial charge in [-0.05, 0) is 19.3 Å². The van der Waals surface area contributed by atoms with Gasteiger partial charge in [0.25, 0.3) is 0 Å². The zero-order chi connectivity index (χ0) is 13.8. The number of nitrogens with two attached hydrogens (primary N) is 1. The lowest BCUT2D eigenvalue weighted by Crippen LogP contribution is -2.52. The summed E-state index contributed by atoms with van der Waals surface area (Å²) in [5.74, 6) is -1.89. The second-order valence-electron chi connectivity index (χ2n) is 4.94. The molecule has 3 nitrogen and oxygen atoms in total. The van der Waals surface area contributed by atoms with Crippen LogP contribution >= 0.6 is 0 Å². The minimum atomic E-state index is -4.24. The van der Waals surface area contributed by atoms with Crippen LogP contribution in [0, 0.1) is 5.92 Å². The number of carbonyl (C=O) groups excluding carboxylic acids is 1. The van der Waals surface area contributed by atoms with E-state index in [1.54, 1.807) is 0 Å². The van der Waals surface area contributed by atoms with Crippen LogP contribution in [0.1, 0.15) is 45.4 Å². The number of halogens is 3. The molecule has 0 aromatic rings. The quantitative estimate of drug-likeness (QED) is 0.820. The molecule has 0 aliphatic heterocycles. The summed E-state index contributed by atoms with van der Waals surface area (Å²) in [7, 11) is 0. The predicted molar refractivity (Wildman–Crippen MR) is 62.8 cm³/mol. The lowest BCUT2D eigenvalue weighted by atomic mass is 9.84. The van der Waals surface area contributed by atoms with Gasteiger partial charge in [-0.25, -0.2) is 0 Å². The highest BCUT2D eigenvalue weighted by Gasteiger charge is 2.46. The second kappa shape index (κ2) is 6.41. The van der Waals surface area contributed by atoms with Gasteiger partial charge in [-0.15, -0.1) is 0 Å². The summed E-state index contributed by atoms with van der Waals surface area (Å²) in [6.07, 6.45) is -1.24. The first kappa shape index (κ1) is 15.3. The molecule has 18 heavy (non-hydrogen) atoms. The number of hydrogen-bond acceptors (Lipinski definition) is 2. The normalized spacial score (nSPS) is 26.7. The third-order valence-electron chi connectivity index (χ3n) is 3.45. The summed E-state index contributed by atoms with van der Waals surface area (Å²) in [4.78, 5) is 11.7.